The summed E-state index contributed by atoms with van der Waals surface area (Å²) in [4.78, 5) is 35.5. The zero-order valence-corrected chi connectivity index (χ0v) is 13.4. The number of para-hydroxylation sites is 1. The van der Waals surface area contributed by atoms with Crippen molar-refractivity contribution in [2.24, 2.45) is 0 Å². The Morgan fingerprint density at radius 1 is 1.28 bits per heavy atom. The molecule has 0 spiro atoms. The van der Waals surface area contributed by atoms with E-state index in [0.29, 0.717) is 17.0 Å². The average molecular weight is 341 g/mol. The van der Waals surface area contributed by atoms with E-state index in [1.165, 1.54) is 18.2 Å². The molecule has 0 atom stereocenters. The Balaban J connectivity index is 1.68. The molecular formula is C18H15NO6. The second-order valence-electron chi connectivity index (χ2n) is 5.52. The van der Waals surface area contributed by atoms with E-state index < -0.39 is 18.4 Å². The van der Waals surface area contributed by atoms with Crippen molar-refractivity contribution in [3.8, 4) is 11.5 Å². The number of aromatic hydroxyl groups is 1. The second kappa shape index (κ2) is 6.64. The van der Waals surface area contributed by atoms with Gasteiger partial charge in [0.05, 0.1) is 5.69 Å². The summed E-state index contributed by atoms with van der Waals surface area (Å²) in [5.41, 5.74) is 1.20. The minimum atomic E-state index is -0.788. The smallest absolute Gasteiger partial charge is 0.342 e. The monoisotopic (exact) mass is 341 g/mol. The third-order valence-corrected chi connectivity index (χ3v) is 3.73. The minimum absolute atomic E-state index is 0.00101. The van der Waals surface area contributed by atoms with Gasteiger partial charge in [-0.15, -0.1) is 0 Å². The molecule has 0 bridgehead atoms. The highest BCUT2D eigenvalue weighted by Crippen LogP contribution is 2.28. The lowest BCUT2D eigenvalue weighted by molar-refractivity contribution is -0.118. The van der Waals surface area contributed by atoms with E-state index in [-0.39, 0.29) is 29.4 Å². The Bertz CT molecular complexity index is 874. The number of nitrogens with one attached hydrogen (secondary N) is 1. The van der Waals surface area contributed by atoms with Gasteiger partial charge in [-0.3, -0.25) is 9.59 Å². The number of rotatable bonds is 4. The number of ketones is 1. The average Bonchev–Trinajstić information content (AvgIpc) is 2.61. The third-order valence-electron chi connectivity index (χ3n) is 3.73. The molecular weight excluding hydrogens is 326 g/mol. The first kappa shape index (κ1) is 16.5. The Kier molecular flexibility index (Phi) is 4.38. The summed E-state index contributed by atoms with van der Waals surface area (Å²) in [5.74, 6) is -1.24. The summed E-state index contributed by atoms with van der Waals surface area (Å²) < 4.78 is 10.2. The molecule has 0 aliphatic carbocycles. The number of aryl methyl sites for hydroxylation is 1. The van der Waals surface area contributed by atoms with Crippen molar-refractivity contribution >= 4 is 23.3 Å². The predicted octanol–water partition coefficient (Wildman–Crippen LogP) is 2.07. The molecule has 3 rings (SSSR count). The number of phenols is 1. The minimum Gasteiger partial charge on any atom is -0.507 e. The number of anilines is 1. The van der Waals surface area contributed by atoms with E-state index in [2.05, 4.69) is 5.32 Å². The number of amides is 1. The molecule has 7 heteroatoms. The van der Waals surface area contributed by atoms with Gasteiger partial charge in [0.25, 0.3) is 5.91 Å². The maximum atomic E-state index is 12.2. The van der Waals surface area contributed by atoms with Gasteiger partial charge in [0.1, 0.15) is 17.1 Å². The fourth-order valence-corrected chi connectivity index (χ4v) is 2.37. The van der Waals surface area contributed by atoms with E-state index in [4.69, 9.17) is 9.47 Å². The first-order valence-corrected chi connectivity index (χ1v) is 7.51. The summed E-state index contributed by atoms with van der Waals surface area (Å²) in [6.45, 7) is 1.10. The largest absolute Gasteiger partial charge is 0.507 e. The standard InChI is InChI=1S/C18H15NO6/c1-10-3-2-4-12(17(10)22)18(23)25-8-14(20)11-5-6-15-13(7-11)19-16(21)9-24-15/h2-7,22H,8-9H2,1H3,(H,19,21). The number of phenolic OH excluding ortho intramolecular Hbond substituents is 1. The molecule has 1 heterocycles. The van der Waals surface area contributed by atoms with Crippen LogP contribution in [-0.4, -0.2) is 36.0 Å². The summed E-state index contributed by atoms with van der Waals surface area (Å²) >= 11 is 0. The maximum Gasteiger partial charge on any atom is 0.342 e. The summed E-state index contributed by atoms with van der Waals surface area (Å²) in [6.07, 6.45) is 0. The highest BCUT2D eigenvalue weighted by atomic mass is 16.5. The van der Waals surface area contributed by atoms with Crippen LogP contribution in [0, 0.1) is 6.92 Å². The lowest BCUT2D eigenvalue weighted by Gasteiger charge is -2.18. The van der Waals surface area contributed by atoms with Crippen LogP contribution in [0.5, 0.6) is 11.5 Å². The molecule has 1 aliphatic rings. The van der Waals surface area contributed by atoms with Gasteiger partial charge in [-0.1, -0.05) is 12.1 Å². The summed E-state index contributed by atoms with van der Waals surface area (Å²) in [7, 11) is 0. The SMILES string of the molecule is Cc1cccc(C(=O)OCC(=O)c2ccc3c(c2)NC(=O)CO3)c1O. The molecule has 0 radical (unpaired) electrons. The molecule has 25 heavy (non-hydrogen) atoms. The number of esters is 1. The van der Waals surface area contributed by atoms with Crippen LogP contribution in [0.1, 0.15) is 26.3 Å². The number of ether oxygens (including phenoxy) is 2. The molecule has 2 aromatic carbocycles. The molecule has 2 aromatic rings. The number of hydrogen-bond donors (Lipinski definition) is 2. The zero-order valence-electron chi connectivity index (χ0n) is 13.4. The number of hydrogen-bond acceptors (Lipinski definition) is 6. The van der Waals surface area contributed by atoms with Crippen LogP contribution in [0.3, 0.4) is 0 Å². The molecule has 0 saturated carbocycles. The summed E-state index contributed by atoms with van der Waals surface area (Å²) in [5, 5.41) is 12.5. The highest BCUT2D eigenvalue weighted by molar-refractivity contribution is 6.02. The van der Waals surface area contributed by atoms with Crippen molar-refractivity contribution in [2.45, 2.75) is 6.92 Å². The number of carbonyl (C=O) groups is 3. The van der Waals surface area contributed by atoms with Gasteiger partial charge in [0, 0.05) is 5.56 Å². The predicted molar refractivity (Wildman–Crippen MR) is 88.0 cm³/mol. The quantitative estimate of drug-likeness (QED) is 0.652. The summed E-state index contributed by atoms with van der Waals surface area (Å²) in [6, 6.07) is 9.24. The van der Waals surface area contributed by atoms with Gasteiger partial charge in [0.2, 0.25) is 0 Å². The molecule has 0 aromatic heterocycles. The van der Waals surface area contributed by atoms with Gasteiger partial charge in [-0.2, -0.15) is 0 Å². The molecule has 1 amide bonds. The van der Waals surface area contributed by atoms with Gasteiger partial charge >= 0.3 is 5.97 Å². The van der Waals surface area contributed by atoms with Crippen molar-refractivity contribution in [1.29, 1.82) is 0 Å². The topological polar surface area (TPSA) is 102 Å². The molecule has 0 fully saturated rings. The Labute approximate surface area is 143 Å². The highest BCUT2D eigenvalue weighted by Gasteiger charge is 2.19. The fraction of sp³-hybridized carbons (Fsp3) is 0.167. The van der Waals surface area contributed by atoms with Gasteiger partial charge < -0.3 is 19.9 Å². The molecule has 0 unspecified atom stereocenters. The normalized spacial score (nSPS) is 12.6. The van der Waals surface area contributed by atoms with Crippen LogP contribution in [-0.2, 0) is 9.53 Å². The Morgan fingerprint density at radius 2 is 2.08 bits per heavy atom. The van der Waals surface area contributed by atoms with Crippen LogP contribution in [0.15, 0.2) is 36.4 Å². The Morgan fingerprint density at radius 3 is 2.88 bits per heavy atom. The third kappa shape index (κ3) is 3.45. The van der Waals surface area contributed by atoms with E-state index in [1.807, 2.05) is 0 Å². The van der Waals surface area contributed by atoms with E-state index in [9.17, 15) is 19.5 Å². The van der Waals surface area contributed by atoms with E-state index in [0.717, 1.165) is 0 Å². The van der Waals surface area contributed by atoms with Gasteiger partial charge in [-0.25, -0.2) is 4.79 Å². The number of Topliss-reactive ketones (excluding diaryl/α,β-unsaturated/α-hetero) is 1. The van der Waals surface area contributed by atoms with Crippen LogP contribution >= 0.6 is 0 Å². The maximum absolute atomic E-state index is 12.2. The van der Waals surface area contributed by atoms with Crippen molar-refractivity contribution in [3.05, 3.63) is 53.1 Å². The number of fused-ring (bicyclic) bond motifs is 1. The Hall–Kier alpha value is -3.35. The van der Waals surface area contributed by atoms with Crippen molar-refractivity contribution in [3.63, 3.8) is 0 Å². The van der Waals surface area contributed by atoms with E-state index >= 15 is 0 Å². The number of carbonyl (C=O) groups excluding carboxylic acids is 3. The fourth-order valence-electron chi connectivity index (χ4n) is 2.37. The lowest BCUT2D eigenvalue weighted by Crippen LogP contribution is -2.25. The second-order valence-corrected chi connectivity index (χ2v) is 5.52. The van der Waals surface area contributed by atoms with Crippen LogP contribution < -0.4 is 10.1 Å². The van der Waals surface area contributed by atoms with Crippen molar-refractivity contribution < 1.29 is 29.0 Å². The molecule has 2 N–H and O–H groups in total. The zero-order chi connectivity index (χ0) is 18.0. The van der Waals surface area contributed by atoms with Crippen molar-refractivity contribution in [1.82, 2.24) is 0 Å². The molecule has 7 nitrogen and oxygen atoms in total. The first-order valence-electron chi connectivity index (χ1n) is 7.51. The first-order chi connectivity index (χ1) is 12.0. The van der Waals surface area contributed by atoms with Gasteiger partial charge in [0.15, 0.2) is 19.0 Å². The molecule has 0 saturated heterocycles. The number of benzene rings is 2. The van der Waals surface area contributed by atoms with Crippen LogP contribution in [0.4, 0.5) is 5.69 Å². The van der Waals surface area contributed by atoms with Crippen LogP contribution in [0.2, 0.25) is 0 Å². The molecule has 128 valence electrons. The van der Waals surface area contributed by atoms with E-state index in [1.54, 1.807) is 25.1 Å². The lowest BCUT2D eigenvalue weighted by atomic mass is 10.1. The van der Waals surface area contributed by atoms with Gasteiger partial charge in [-0.05, 0) is 36.8 Å². The molecule has 1 aliphatic heterocycles. The van der Waals surface area contributed by atoms with Crippen LogP contribution in [0.25, 0.3) is 0 Å². The van der Waals surface area contributed by atoms with Crippen molar-refractivity contribution in [2.75, 3.05) is 18.5 Å².